The predicted molar refractivity (Wildman–Crippen MR) is 86.2 cm³/mol. The Labute approximate surface area is 144 Å². The minimum Gasteiger partial charge on any atom is -0.508 e. The Morgan fingerprint density at radius 3 is 2.36 bits per heavy atom. The van der Waals surface area contributed by atoms with Crippen LogP contribution >= 0.6 is 0 Å². The van der Waals surface area contributed by atoms with Gasteiger partial charge in [-0.05, 0) is 37.1 Å². The van der Waals surface area contributed by atoms with Crippen molar-refractivity contribution in [3.05, 3.63) is 36.2 Å². The molecule has 3 heterocycles. The SMILES string of the molecule is O=C(c1cn[nH]n1)N1CC2CCC(C1)N2S(=O)(=O)c1ccc(O)cc1. The highest BCUT2D eigenvalue weighted by Gasteiger charge is 2.47. The molecule has 2 bridgehead atoms. The van der Waals surface area contributed by atoms with Crippen LogP contribution in [0.2, 0.25) is 0 Å². The molecule has 0 aliphatic carbocycles. The van der Waals surface area contributed by atoms with Gasteiger partial charge in [0.2, 0.25) is 10.0 Å². The van der Waals surface area contributed by atoms with E-state index in [9.17, 15) is 18.3 Å². The number of aromatic hydroxyl groups is 1. The van der Waals surface area contributed by atoms with E-state index in [1.165, 1.54) is 34.8 Å². The zero-order valence-corrected chi connectivity index (χ0v) is 14.1. The normalized spacial score (nSPS) is 23.8. The minimum atomic E-state index is -3.67. The fourth-order valence-electron chi connectivity index (χ4n) is 3.63. The van der Waals surface area contributed by atoms with Gasteiger partial charge >= 0.3 is 0 Å². The van der Waals surface area contributed by atoms with Gasteiger partial charge in [0.15, 0.2) is 5.69 Å². The highest BCUT2D eigenvalue weighted by atomic mass is 32.2. The van der Waals surface area contributed by atoms with Crippen LogP contribution < -0.4 is 0 Å². The van der Waals surface area contributed by atoms with Gasteiger partial charge in [-0.3, -0.25) is 4.79 Å². The molecule has 132 valence electrons. The summed E-state index contributed by atoms with van der Waals surface area (Å²) in [7, 11) is -3.67. The van der Waals surface area contributed by atoms with Crippen LogP contribution in [-0.2, 0) is 10.0 Å². The quantitative estimate of drug-likeness (QED) is 0.803. The fourth-order valence-corrected chi connectivity index (χ4v) is 5.48. The average Bonchev–Trinajstić information content (AvgIpc) is 3.21. The van der Waals surface area contributed by atoms with Gasteiger partial charge in [0, 0.05) is 25.2 Å². The molecule has 0 radical (unpaired) electrons. The number of fused-ring (bicyclic) bond motifs is 2. The second-order valence-electron chi connectivity index (χ2n) is 6.28. The average molecular weight is 363 g/mol. The number of nitrogens with zero attached hydrogens (tertiary/aromatic N) is 4. The molecule has 1 amide bonds. The molecule has 4 rings (SSSR count). The number of phenols is 1. The molecule has 0 spiro atoms. The standard InChI is InChI=1S/C15H17N5O4S/c21-12-3-5-13(6-4-12)25(23,24)20-10-1-2-11(20)9-19(8-10)15(22)14-7-16-18-17-14/h3-7,10-11,21H,1-2,8-9H2,(H,16,17,18). The van der Waals surface area contributed by atoms with Crippen LogP contribution in [0.3, 0.4) is 0 Å². The van der Waals surface area contributed by atoms with E-state index in [2.05, 4.69) is 15.4 Å². The Bertz CT molecular complexity index is 867. The number of aromatic amines is 1. The lowest BCUT2D eigenvalue weighted by atomic mass is 10.2. The maximum Gasteiger partial charge on any atom is 0.276 e. The number of carbonyl (C=O) groups excluding carboxylic acids is 1. The second-order valence-corrected chi connectivity index (χ2v) is 8.12. The van der Waals surface area contributed by atoms with Gasteiger partial charge in [0.25, 0.3) is 5.91 Å². The number of carbonyl (C=O) groups is 1. The highest BCUT2D eigenvalue weighted by molar-refractivity contribution is 7.89. The lowest BCUT2D eigenvalue weighted by molar-refractivity contribution is 0.0609. The van der Waals surface area contributed by atoms with Gasteiger partial charge in [-0.2, -0.15) is 19.7 Å². The van der Waals surface area contributed by atoms with Crippen molar-refractivity contribution in [1.29, 1.82) is 0 Å². The number of likely N-dealkylation sites (tertiary alicyclic amines) is 1. The molecule has 2 saturated heterocycles. The van der Waals surface area contributed by atoms with Gasteiger partial charge in [0.1, 0.15) is 5.75 Å². The summed E-state index contributed by atoms with van der Waals surface area (Å²) in [6.07, 6.45) is 2.79. The third-order valence-corrected chi connectivity index (χ3v) is 6.77. The number of amides is 1. The molecule has 9 nitrogen and oxygen atoms in total. The van der Waals surface area contributed by atoms with E-state index in [4.69, 9.17) is 0 Å². The Hall–Kier alpha value is -2.46. The van der Waals surface area contributed by atoms with E-state index in [1.54, 1.807) is 4.90 Å². The molecule has 10 heteroatoms. The Morgan fingerprint density at radius 1 is 1.16 bits per heavy atom. The Balaban J connectivity index is 1.58. The summed E-state index contributed by atoms with van der Waals surface area (Å²) in [5.41, 5.74) is 0.231. The van der Waals surface area contributed by atoms with Crippen molar-refractivity contribution < 1.29 is 18.3 Å². The number of hydrogen-bond acceptors (Lipinski definition) is 6. The number of rotatable bonds is 3. The number of piperazine rings is 1. The molecule has 2 N–H and O–H groups in total. The smallest absolute Gasteiger partial charge is 0.276 e. The third kappa shape index (κ3) is 2.67. The number of hydrogen-bond donors (Lipinski definition) is 2. The molecule has 2 aliphatic heterocycles. The lowest BCUT2D eigenvalue weighted by Gasteiger charge is -2.39. The highest BCUT2D eigenvalue weighted by Crippen LogP contribution is 2.35. The first-order valence-electron chi connectivity index (χ1n) is 7.94. The van der Waals surface area contributed by atoms with Crippen molar-refractivity contribution in [1.82, 2.24) is 24.6 Å². The Morgan fingerprint density at radius 2 is 1.80 bits per heavy atom. The van der Waals surface area contributed by atoms with Gasteiger partial charge in [-0.1, -0.05) is 0 Å². The first-order valence-corrected chi connectivity index (χ1v) is 9.38. The van der Waals surface area contributed by atoms with Crippen LogP contribution in [0, 0.1) is 0 Å². The molecule has 2 atom stereocenters. The molecule has 2 fully saturated rings. The van der Waals surface area contributed by atoms with Crippen molar-refractivity contribution in [2.24, 2.45) is 0 Å². The maximum atomic E-state index is 13.0. The van der Waals surface area contributed by atoms with Crippen LogP contribution in [0.25, 0.3) is 0 Å². The summed E-state index contributed by atoms with van der Waals surface area (Å²) >= 11 is 0. The number of benzene rings is 1. The first-order chi connectivity index (χ1) is 12.0. The summed E-state index contributed by atoms with van der Waals surface area (Å²) in [6.45, 7) is 0.666. The summed E-state index contributed by atoms with van der Waals surface area (Å²) < 4.78 is 27.5. The zero-order valence-electron chi connectivity index (χ0n) is 13.2. The molecule has 1 aromatic heterocycles. The van der Waals surface area contributed by atoms with E-state index in [1.807, 2.05) is 0 Å². The number of H-pyrrole nitrogens is 1. The summed E-state index contributed by atoms with van der Waals surface area (Å²) in [5, 5.41) is 19.2. The van der Waals surface area contributed by atoms with E-state index in [0.29, 0.717) is 25.9 Å². The minimum absolute atomic E-state index is 0.0185. The number of aromatic nitrogens is 3. The van der Waals surface area contributed by atoms with Gasteiger partial charge < -0.3 is 10.0 Å². The van der Waals surface area contributed by atoms with Crippen LogP contribution in [0.1, 0.15) is 23.3 Å². The monoisotopic (exact) mass is 363 g/mol. The van der Waals surface area contributed by atoms with Gasteiger partial charge in [-0.25, -0.2) is 8.42 Å². The van der Waals surface area contributed by atoms with Crippen molar-refractivity contribution >= 4 is 15.9 Å². The molecular formula is C15H17N5O4S. The summed E-state index contributed by atoms with van der Waals surface area (Å²) in [6, 6.07) is 5.01. The first kappa shape index (κ1) is 16.0. The molecule has 25 heavy (non-hydrogen) atoms. The summed E-state index contributed by atoms with van der Waals surface area (Å²) in [4.78, 5) is 14.2. The number of phenolic OH excluding ortho intramolecular Hbond substituents is 1. The largest absolute Gasteiger partial charge is 0.508 e. The number of sulfonamides is 1. The topological polar surface area (TPSA) is 119 Å². The molecule has 2 unspecified atom stereocenters. The summed E-state index contributed by atoms with van der Waals surface area (Å²) in [5.74, 6) is -0.225. The van der Waals surface area contributed by atoms with Crippen LogP contribution in [-0.4, -0.2) is 69.2 Å². The van der Waals surface area contributed by atoms with Gasteiger partial charge in [-0.15, -0.1) is 0 Å². The fraction of sp³-hybridized carbons (Fsp3) is 0.400. The number of nitrogens with one attached hydrogen (secondary N) is 1. The molecular weight excluding hydrogens is 346 g/mol. The van der Waals surface area contributed by atoms with Crippen LogP contribution in [0.5, 0.6) is 5.75 Å². The van der Waals surface area contributed by atoms with Crippen molar-refractivity contribution in [2.75, 3.05) is 13.1 Å². The van der Waals surface area contributed by atoms with Crippen LogP contribution in [0.15, 0.2) is 35.4 Å². The van der Waals surface area contributed by atoms with Crippen molar-refractivity contribution in [2.45, 2.75) is 29.8 Å². The predicted octanol–water partition coefficient (Wildman–Crippen LogP) is 0.188. The lowest BCUT2D eigenvalue weighted by Crippen LogP contribution is -2.57. The molecule has 2 aromatic rings. The van der Waals surface area contributed by atoms with Crippen molar-refractivity contribution in [3.63, 3.8) is 0 Å². The van der Waals surface area contributed by atoms with E-state index >= 15 is 0 Å². The Kier molecular flexibility index (Phi) is 3.73. The molecule has 2 aliphatic rings. The molecule has 1 aromatic carbocycles. The van der Waals surface area contributed by atoms with E-state index in [-0.39, 0.29) is 34.3 Å². The maximum absolute atomic E-state index is 13.0. The van der Waals surface area contributed by atoms with Crippen molar-refractivity contribution in [3.8, 4) is 5.75 Å². The van der Waals surface area contributed by atoms with Crippen LogP contribution in [0.4, 0.5) is 0 Å². The second kappa shape index (κ2) is 5.81. The molecule has 0 saturated carbocycles. The zero-order chi connectivity index (χ0) is 17.6. The van der Waals surface area contributed by atoms with Gasteiger partial charge in [0.05, 0.1) is 11.1 Å². The van der Waals surface area contributed by atoms with E-state index in [0.717, 1.165) is 0 Å². The van der Waals surface area contributed by atoms with E-state index < -0.39 is 10.0 Å². The third-order valence-electron chi connectivity index (χ3n) is 4.75.